The van der Waals surface area contributed by atoms with Gasteiger partial charge in [0.15, 0.2) is 0 Å². The van der Waals surface area contributed by atoms with Crippen LogP contribution in [-0.4, -0.2) is 30.1 Å². The Morgan fingerprint density at radius 3 is 2.46 bits per heavy atom. The largest absolute Gasteiger partial charge is 0.335 e. The summed E-state index contributed by atoms with van der Waals surface area (Å²) in [5.41, 5.74) is 1.25. The van der Waals surface area contributed by atoms with Crippen LogP contribution in [0.5, 0.6) is 0 Å². The van der Waals surface area contributed by atoms with Crippen LogP contribution < -0.4 is 10.6 Å². The summed E-state index contributed by atoms with van der Waals surface area (Å²) in [4.78, 5) is 14.4. The van der Waals surface area contributed by atoms with Crippen molar-refractivity contribution in [1.29, 1.82) is 0 Å². The van der Waals surface area contributed by atoms with Crippen molar-refractivity contribution >= 4 is 11.7 Å². The molecule has 2 aromatic rings. The Labute approximate surface area is 162 Å². The predicted molar refractivity (Wildman–Crippen MR) is 103 cm³/mol. The molecule has 0 radical (unpaired) electrons. The van der Waals surface area contributed by atoms with Gasteiger partial charge in [0.1, 0.15) is 5.82 Å². The summed E-state index contributed by atoms with van der Waals surface area (Å²) in [6.45, 7) is 3.21. The number of alkyl halides is 2. The van der Waals surface area contributed by atoms with Crippen molar-refractivity contribution in [2.75, 3.05) is 18.4 Å². The number of piperidine rings is 1. The lowest BCUT2D eigenvalue weighted by molar-refractivity contribution is 0.0175. The van der Waals surface area contributed by atoms with Crippen LogP contribution in [-0.2, 0) is 12.5 Å². The predicted octanol–water partition coefficient (Wildman–Crippen LogP) is 4.72. The Kier molecular flexibility index (Phi) is 6.24. The van der Waals surface area contributed by atoms with Gasteiger partial charge < -0.3 is 10.6 Å². The molecule has 1 saturated heterocycles. The summed E-state index contributed by atoms with van der Waals surface area (Å²) in [5.74, 6) is -3.20. The maximum atomic E-state index is 13.4. The van der Waals surface area contributed by atoms with Crippen molar-refractivity contribution in [1.82, 2.24) is 10.2 Å². The summed E-state index contributed by atoms with van der Waals surface area (Å²) in [6.07, 6.45) is 1.59. The highest BCUT2D eigenvalue weighted by molar-refractivity contribution is 5.89. The van der Waals surface area contributed by atoms with E-state index in [9.17, 15) is 18.0 Å². The fraction of sp³-hybridized carbons (Fsp3) is 0.381. The van der Waals surface area contributed by atoms with Crippen LogP contribution in [0.2, 0.25) is 0 Å². The zero-order valence-corrected chi connectivity index (χ0v) is 15.7. The lowest BCUT2D eigenvalue weighted by atomic mass is 10.0. The minimum absolute atomic E-state index is 0.0280. The van der Waals surface area contributed by atoms with Crippen molar-refractivity contribution in [3.8, 4) is 0 Å². The number of carbonyl (C=O) groups excluding carboxylic acids is 1. The van der Waals surface area contributed by atoms with E-state index in [1.54, 1.807) is 18.2 Å². The quantitative estimate of drug-likeness (QED) is 0.774. The molecular formula is C21H24F3N3O. The third kappa shape index (κ3) is 5.73. The van der Waals surface area contributed by atoms with Crippen LogP contribution in [0, 0.1) is 5.82 Å². The van der Waals surface area contributed by atoms with Crippen LogP contribution in [0.25, 0.3) is 0 Å². The second-order valence-electron chi connectivity index (χ2n) is 7.24. The van der Waals surface area contributed by atoms with Gasteiger partial charge in [0.25, 0.3) is 5.92 Å². The summed E-state index contributed by atoms with van der Waals surface area (Å²) in [5, 5.41) is 5.53. The maximum Gasteiger partial charge on any atom is 0.319 e. The van der Waals surface area contributed by atoms with E-state index < -0.39 is 12.0 Å². The van der Waals surface area contributed by atoms with Crippen LogP contribution >= 0.6 is 0 Å². The Morgan fingerprint density at radius 2 is 1.82 bits per heavy atom. The number of hydrogen-bond acceptors (Lipinski definition) is 2. The molecule has 28 heavy (non-hydrogen) atoms. The van der Waals surface area contributed by atoms with E-state index in [0.717, 1.165) is 45.0 Å². The number of amides is 2. The number of halogens is 3. The molecule has 0 atom stereocenters. The van der Waals surface area contributed by atoms with Crippen LogP contribution in [0.15, 0.2) is 48.5 Å². The highest BCUT2D eigenvalue weighted by Crippen LogP contribution is 2.28. The van der Waals surface area contributed by atoms with Crippen molar-refractivity contribution < 1.29 is 18.0 Å². The molecule has 0 bridgehead atoms. The summed E-state index contributed by atoms with van der Waals surface area (Å²) < 4.78 is 39.8. The van der Waals surface area contributed by atoms with Gasteiger partial charge in [0.05, 0.1) is 0 Å². The molecule has 1 aliphatic heterocycles. The van der Waals surface area contributed by atoms with Gasteiger partial charge in [-0.05, 0) is 42.7 Å². The molecule has 2 N–H and O–H groups in total. The van der Waals surface area contributed by atoms with Crippen LogP contribution in [0.3, 0.4) is 0 Å². The number of nitrogens with zero attached hydrogens (tertiary/aromatic N) is 1. The molecule has 7 heteroatoms. The summed E-state index contributed by atoms with van der Waals surface area (Å²) in [6, 6.07) is 11.8. The van der Waals surface area contributed by atoms with Crippen molar-refractivity contribution in [2.45, 2.75) is 38.3 Å². The Bertz CT molecular complexity index is 797. The second-order valence-corrected chi connectivity index (χ2v) is 7.24. The zero-order valence-electron chi connectivity index (χ0n) is 15.7. The van der Waals surface area contributed by atoms with Gasteiger partial charge in [0, 0.05) is 43.9 Å². The molecule has 1 fully saturated rings. The second kappa shape index (κ2) is 8.65. The average Bonchev–Trinajstić information content (AvgIpc) is 2.65. The van der Waals surface area contributed by atoms with Crippen molar-refractivity contribution in [3.63, 3.8) is 0 Å². The van der Waals surface area contributed by atoms with E-state index in [1.807, 2.05) is 0 Å². The molecular weight excluding hydrogens is 367 g/mol. The van der Waals surface area contributed by atoms with Gasteiger partial charge in [-0.25, -0.2) is 18.0 Å². The normalized spacial score (nSPS) is 16.0. The summed E-state index contributed by atoms with van der Waals surface area (Å²) >= 11 is 0. The number of hydrogen-bond donors (Lipinski definition) is 2. The zero-order chi connectivity index (χ0) is 20.1. The number of likely N-dealkylation sites (tertiary alicyclic amines) is 1. The molecule has 3 rings (SSSR count). The number of benzene rings is 2. The van der Waals surface area contributed by atoms with Crippen molar-refractivity contribution in [3.05, 3.63) is 65.5 Å². The third-order valence-electron chi connectivity index (χ3n) is 4.87. The van der Waals surface area contributed by atoms with E-state index in [-0.39, 0.29) is 17.4 Å². The molecule has 0 spiro atoms. The minimum Gasteiger partial charge on any atom is -0.335 e. The van der Waals surface area contributed by atoms with E-state index in [1.165, 1.54) is 30.3 Å². The lowest BCUT2D eigenvalue weighted by Gasteiger charge is -2.32. The topological polar surface area (TPSA) is 44.4 Å². The molecule has 1 aliphatic rings. The fourth-order valence-corrected chi connectivity index (χ4v) is 3.31. The first-order valence-corrected chi connectivity index (χ1v) is 9.32. The lowest BCUT2D eigenvalue weighted by Crippen LogP contribution is -2.45. The Balaban J connectivity index is 1.45. The van der Waals surface area contributed by atoms with Gasteiger partial charge in [-0.1, -0.05) is 24.3 Å². The number of nitrogens with one attached hydrogen (secondary N) is 2. The molecule has 150 valence electrons. The molecule has 0 aromatic heterocycles. The van der Waals surface area contributed by atoms with E-state index in [4.69, 9.17) is 0 Å². The number of anilines is 1. The highest BCUT2D eigenvalue weighted by Gasteiger charge is 2.25. The van der Waals surface area contributed by atoms with Gasteiger partial charge in [0.2, 0.25) is 0 Å². The van der Waals surface area contributed by atoms with Crippen molar-refractivity contribution in [2.24, 2.45) is 0 Å². The van der Waals surface area contributed by atoms with E-state index in [2.05, 4.69) is 15.5 Å². The Hall–Kier alpha value is -2.54. The number of urea groups is 1. The average molecular weight is 391 g/mol. The summed E-state index contributed by atoms with van der Waals surface area (Å²) in [7, 11) is 0. The molecule has 2 amide bonds. The van der Waals surface area contributed by atoms with Gasteiger partial charge >= 0.3 is 6.03 Å². The SMILES string of the molecule is CC(F)(F)c1cccc(NC(=O)NC2CCN(Cc3ccc(F)cc3)CC2)c1. The maximum absolute atomic E-state index is 13.4. The number of rotatable bonds is 5. The molecule has 0 saturated carbocycles. The first-order valence-electron chi connectivity index (χ1n) is 9.32. The van der Waals surface area contributed by atoms with Gasteiger partial charge in [-0.2, -0.15) is 0 Å². The first-order chi connectivity index (χ1) is 13.3. The molecule has 0 aliphatic carbocycles. The van der Waals surface area contributed by atoms with E-state index in [0.29, 0.717) is 5.69 Å². The minimum atomic E-state index is -2.95. The smallest absolute Gasteiger partial charge is 0.319 e. The molecule has 2 aromatic carbocycles. The van der Waals surface area contributed by atoms with E-state index >= 15 is 0 Å². The van der Waals surface area contributed by atoms with Gasteiger partial charge in [-0.15, -0.1) is 0 Å². The van der Waals surface area contributed by atoms with Gasteiger partial charge in [-0.3, -0.25) is 4.90 Å². The standard InChI is InChI=1S/C21H24F3N3O/c1-21(23,24)16-3-2-4-19(13-16)26-20(28)25-18-9-11-27(12-10-18)14-15-5-7-17(22)8-6-15/h2-8,13,18H,9-12,14H2,1H3,(H2,25,26,28). The molecule has 1 heterocycles. The van der Waals surface area contributed by atoms with Crippen LogP contribution in [0.4, 0.5) is 23.7 Å². The molecule has 4 nitrogen and oxygen atoms in total. The molecule has 0 unspecified atom stereocenters. The number of carbonyl (C=O) groups is 1. The third-order valence-corrected chi connectivity index (χ3v) is 4.87. The monoisotopic (exact) mass is 391 g/mol. The highest BCUT2D eigenvalue weighted by atomic mass is 19.3. The van der Waals surface area contributed by atoms with Crippen LogP contribution in [0.1, 0.15) is 30.9 Å². The fourth-order valence-electron chi connectivity index (χ4n) is 3.31. The Morgan fingerprint density at radius 1 is 1.14 bits per heavy atom. The first kappa shape index (κ1) is 20.2.